The van der Waals surface area contributed by atoms with Gasteiger partial charge < -0.3 is 0 Å². The van der Waals surface area contributed by atoms with Crippen molar-refractivity contribution in [1.82, 2.24) is 0 Å². The number of benzene rings is 1. The molecule has 0 N–H and O–H groups in total. The lowest BCUT2D eigenvalue weighted by molar-refractivity contribution is 0.277. The van der Waals surface area contributed by atoms with Gasteiger partial charge in [-0.05, 0) is 18.6 Å². The van der Waals surface area contributed by atoms with Gasteiger partial charge in [-0.25, -0.2) is 4.52 Å². The largest absolute Gasteiger partial charge is 0.750 e. The van der Waals surface area contributed by atoms with E-state index in [-0.39, 0.29) is 0 Å². The van der Waals surface area contributed by atoms with E-state index in [0.29, 0.717) is 12.4 Å². The Morgan fingerprint density at radius 2 is 1.58 bits per heavy atom. The van der Waals surface area contributed by atoms with Crippen LogP contribution in [0.15, 0.2) is 30.3 Å². The molecule has 3 nitrogen and oxygen atoms in total. The van der Waals surface area contributed by atoms with Crippen molar-refractivity contribution < 1.29 is 13.6 Å². The van der Waals surface area contributed by atoms with Crippen molar-refractivity contribution in [3.8, 4) is 5.75 Å². The Hall–Kier alpha value is -0.920. The van der Waals surface area contributed by atoms with Crippen molar-refractivity contribution in [3.63, 3.8) is 0 Å². The van der Waals surface area contributed by atoms with Gasteiger partial charge in [0.25, 0.3) is 0 Å². The highest BCUT2D eigenvalue weighted by molar-refractivity contribution is 7.33. The van der Waals surface area contributed by atoms with E-state index in [1.54, 1.807) is 12.1 Å². The van der Waals surface area contributed by atoms with E-state index in [9.17, 15) is 4.57 Å². The van der Waals surface area contributed by atoms with Crippen LogP contribution in [0.1, 0.15) is 51.9 Å². The molecule has 0 aromatic heterocycles. The molecule has 1 unspecified atom stereocenters. The van der Waals surface area contributed by atoms with Crippen molar-refractivity contribution in [2.75, 3.05) is 6.61 Å². The Bertz CT molecular complexity index is 341. The summed E-state index contributed by atoms with van der Waals surface area (Å²) in [5, 5.41) is 0. The molecule has 0 spiro atoms. The molecule has 0 aliphatic heterocycles. The van der Waals surface area contributed by atoms with Gasteiger partial charge in [-0.1, -0.05) is 63.6 Å². The SMILES string of the molecule is CCCCCCCCCO[P+](=O)Oc1ccccc1. The van der Waals surface area contributed by atoms with E-state index < -0.39 is 8.25 Å². The first-order valence-electron chi connectivity index (χ1n) is 7.16. The fraction of sp³-hybridized carbons (Fsp3) is 0.600. The van der Waals surface area contributed by atoms with Crippen LogP contribution in [-0.4, -0.2) is 6.61 Å². The third-order valence-electron chi connectivity index (χ3n) is 2.87. The lowest BCUT2D eigenvalue weighted by atomic mass is 10.1. The van der Waals surface area contributed by atoms with Crippen molar-refractivity contribution >= 4 is 8.25 Å². The van der Waals surface area contributed by atoms with Gasteiger partial charge in [-0.2, -0.15) is 0 Å². The van der Waals surface area contributed by atoms with Crippen LogP contribution in [0.25, 0.3) is 0 Å². The smallest absolute Gasteiger partial charge is 0.229 e. The summed E-state index contributed by atoms with van der Waals surface area (Å²) in [5.41, 5.74) is 0. The third kappa shape index (κ3) is 8.74. The molecule has 1 rings (SSSR count). The second-order valence-electron chi connectivity index (χ2n) is 4.58. The second kappa shape index (κ2) is 11.0. The van der Waals surface area contributed by atoms with Gasteiger partial charge in [0.15, 0.2) is 5.75 Å². The predicted molar refractivity (Wildman–Crippen MR) is 78.6 cm³/mol. The third-order valence-corrected chi connectivity index (χ3v) is 3.62. The van der Waals surface area contributed by atoms with Crippen LogP contribution in [0.5, 0.6) is 5.75 Å². The van der Waals surface area contributed by atoms with Crippen LogP contribution < -0.4 is 4.52 Å². The maximum absolute atomic E-state index is 11.5. The van der Waals surface area contributed by atoms with Crippen molar-refractivity contribution in [3.05, 3.63) is 30.3 Å². The molecule has 0 aliphatic rings. The molecule has 0 saturated carbocycles. The highest BCUT2D eigenvalue weighted by atomic mass is 31.1. The summed E-state index contributed by atoms with van der Waals surface area (Å²) in [6.07, 6.45) is 8.54. The van der Waals surface area contributed by atoms with E-state index in [1.807, 2.05) is 18.2 Å². The molecule has 1 aromatic rings. The predicted octanol–water partition coefficient (Wildman–Crippen LogP) is 5.49. The molecule has 0 saturated heterocycles. The molecule has 0 fully saturated rings. The van der Waals surface area contributed by atoms with Crippen LogP contribution in [0.2, 0.25) is 0 Å². The Morgan fingerprint density at radius 1 is 0.947 bits per heavy atom. The molecular weight excluding hydrogens is 259 g/mol. The quantitative estimate of drug-likeness (QED) is 0.398. The highest BCUT2D eigenvalue weighted by Gasteiger charge is 2.21. The van der Waals surface area contributed by atoms with Gasteiger partial charge in [0.2, 0.25) is 0 Å². The minimum Gasteiger partial charge on any atom is -0.229 e. The topological polar surface area (TPSA) is 35.5 Å². The minimum atomic E-state index is -2.04. The summed E-state index contributed by atoms with van der Waals surface area (Å²) < 4.78 is 21.8. The Morgan fingerprint density at radius 3 is 2.26 bits per heavy atom. The van der Waals surface area contributed by atoms with E-state index in [2.05, 4.69) is 6.92 Å². The second-order valence-corrected chi connectivity index (χ2v) is 5.47. The van der Waals surface area contributed by atoms with E-state index in [0.717, 1.165) is 12.8 Å². The van der Waals surface area contributed by atoms with Gasteiger partial charge in [0.05, 0.1) is 0 Å². The van der Waals surface area contributed by atoms with Crippen LogP contribution in [0.3, 0.4) is 0 Å². The number of unbranched alkanes of at least 4 members (excludes halogenated alkanes) is 6. The molecule has 1 atom stereocenters. The van der Waals surface area contributed by atoms with Crippen LogP contribution in [0.4, 0.5) is 0 Å². The average Bonchev–Trinajstić information content (AvgIpc) is 2.43. The Labute approximate surface area is 117 Å². The molecule has 0 heterocycles. The van der Waals surface area contributed by atoms with Crippen LogP contribution in [0, 0.1) is 0 Å². The lowest BCUT2D eigenvalue weighted by Gasteiger charge is -1.98. The summed E-state index contributed by atoms with van der Waals surface area (Å²) in [4.78, 5) is 0. The van der Waals surface area contributed by atoms with E-state index >= 15 is 0 Å². The standard InChI is InChI=1S/C15H24O3P/c1-2-3-4-5-6-7-11-14-17-19(16)18-15-12-9-8-10-13-15/h8-10,12-13H,2-7,11,14H2,1H3/q+1. The van der Waals surface area contributed by atoms with Gasteiger partial charge in [0, 0.05) is 4.57 Å². The average molecular weight is 283 g/mol. The number of hydrogen-bond donors (Lipinski definition) is 0. The highest BCUT2D eigenvalue weighted by Crippen LogP contribution is 2.27. The zero-order valence-electron chi connectivity index (χ0n) is 11.7. The summed E-state index contributed by atoms with van der Waals surface area (Å²) in [7, 11) is -2.04. The van der Waals surface area contributed by atoms with Gasteiger partial charge in [-0.15, -0.1) is 4.52 Å². The van der Waals surface area contributed by atoms with Crippen molar-refractivity contribution in [2.24, 2.45) is 0 Å². The fourth-order valence-electron chi connectivity index (χ4n) is 1.79. The molecule has 0 amide bonds. The lowest BCUT2D eigenvalue weighted by Crippen LogP contribution is -1.91. The summed E-state index contributed by atoms with van der Waals surface area (Å²) >= 11 is 0. The fourth-order valence-corrected chi connectivity index (χ4v) is 2.42. The zero-order chi connectivity index (χ0) is 13.8. The molecule has 0 aliphatic carbocycles. The molecule has 4 heteroatoms. The first-order valence-corrected chi connectivity index (χ1v) is 8.25. The summed E-state index contributed by atoms with van der Waals surface area (Å²) in [6.45, 7) is 2.73. The molecule has 1 aromatic carbocycles. The summed E-state index contributed by atoms with van der Waals surface area (Å²) in [5.74, 6) is 0.586. The Balaban J connectivity index is 1.96. The number of rotatable bonds is 11. The van der Waals surface area contributed by atoms with Crippen molar-refractivity contribution in [1.29, 1.82) is 0 Å². The van der Waals surface area contributed by atoms with E-state index in [1.165, 1.54) is 32.1 Å². The van der Waals surface area contributed by atoms with Crippen LogP contribution in [-0.2, 0) is 9.09 Å². The first kappa shape index (κ1) is 16.1. The maximum Gasteiger partial charge on any atom is 0.750 e. The normalized spacial score (nSPS) is 11.3. The maximum atomic E-state index is 11.5. The molecule has 106 valence electrons. The van der Waals surface area contributed by atoms with Crippen LogP contribution >= 0.6 is 8.25 Å². The van der Waals surface area contributed by atoms with E-state index in [4.69, 9.17) is 9.05 Å². The van der Waals surface area contributed by atoms with Gasteiger partial charge in [-0.3, -0.25) is 0 Å². The van der Waals surface area contributed by atoms with Gasteiger partial charge in [0.1, 0.15) is 6.61 Å². The summed E-state index contributed by atoms with van der Waals surface area (Å²) in [6, 6.07) is 9.11. The Kier molecular flexibility index (Phi) is 9.30. The molecule has 19 heavy (non-hydrogen) atoms. The monoisotopic (exact) mass is 283 g/mol. The molecular formula is C15H24O3P+. The minimum absolute atomic E-state index is 0.510. The van der Waals surface area contributed by atoms with Gasteiger partial charge >= 0.3 is 8.25 Å². The molecule has 0 bridgehead atoms. The van der Waals surface area contributed by atoms with Crippen molar-refractivity contribution in [2.45, 2.75) is 51.9 Å². The number of para-hydroxylation sites is 1. The number of hydrogen-bond acceptors (Lipinski definition) is 3. The zero-order valence-corrected chi connectivity index (χ0v) is 12.6. The molecule has 0 radical (unpaired) electrons. The first-order chi connectivity index (χ1) is 9.33.